The van der Waals surface area contributed by atoms with Crippen LogP contribution in [-0.2, 0) is 4.79 Å². The molecule has 0 atom stereocenters. The number of rotatable bonds is 7. The zero-order chi connectivity index (χ0) is 16.8. The Morgan fingerprint density at radius 1 is 0.913 bits per heavy atom. The monoisotopic (exact) mass is 318 g/mol. The van der Waals surface area contributed by atoms with Crippen LogP contribution in [0.3, 0.4) is 0 Å². The number of aliphatic carboxylic acids is 1. The van der Waals surface area contributed by atoms with Crippen molar-refractivity contribution in [3.8, 4) is 34.1 Å². The standard InChI is InChI=1S/C17H18O6/c1-20-12-5-6-13(15(9-12)23-10-17(18)19)11-4-7-14(21-2)16(8-11)22-3/h4-9H,10H2,1-3H3,(H,18,19). The number of carboxylic acid groups (broad SMARTS) is 1. The summed E-state index contributed by atoms with van der Waals surface area (Å²) in [5.41, 5.74) is 1.54. The van der Waals surface area contributed by atoms with Crippen LogP contribution in [0.5, 0.6) is 23.0 Å². The molecular weight excluding hydrogens is 300 g/mol. The fraction of sp³-hybridized carbons (Fsp3) is 0.235. The molecule has 6 nitrogen and oxygen atoms in total. The minimum atomic E-state index is -1.05. The van der Waals surface area contributed by atoms with Crippen molar-refractivity contribution in [2.24, 2.45) is 0 Å². The largest absolute Gasteiger partial charge is 0.497 e. The highest BCUT2D eigenvalue weighted by Crippen LogP contribution is 2.38. The Hall–Kier alpha value is -2.89. The van der Waals surface area contributed by atoms with Gasteiger partial charge < -0.3 is 24.1 Å². The van der Waals surface area contributed by atoms with E-state index >= 15 is 0 Å². The van der Waals surface area contributed by atoms with E-state index in [1.54, 1.807) is 44.6 Å². The Kier molecular flexibility index (Phi) is 5.30. The molecule has 2 aromatic rings. The predicted molar refractivity (Wildman–Crippen MR) is 84.7 cm³/mol. The summed E-state index contributed by atoms with van der Waals surface area (Å²) in [4.78, 5) is 10.8. The minimum absolute atomic E-state index is 0.416. The van der Waals surface area contributed by atoms with Crippen molar-refractivity contribution in [3.63, 3.8) is 0 Å². The first-order chi connectivity index (χ1) is 11.1. The summed E-state index contributed by atoms with van der Waals surface area (Å²) in [6, 6.07) is 10.6. The predicted octanol–water partition coefficient (Wildman–Crippen LogP) is 2.84. The van der Waals surface area contributed by atoms with Gasteiger partial charge in [-0.1, -0.05) is 6.07 Å². The van der Waals surface area contributed by atoms with E-state index in [0.717, 1.165) is 11.1 Å². The second-order valence-corrected chi connectivity index (χ2v) is 4.61. The van der Waals surface area contributed by atoms with Gasteiger partial charge in [-0.15, -0.1) is 0 Å². The summed E-state index contributed by atoms with van der Waals surface area (Å²) in [6.45, 7) is -0.437. The van der Waals surface area contributed by atoms with Gasteiger partial charge in [0, 0.05) is 11.6 Å². The van der Waals surface area contributed by atoms with Crippen LogP contribution < -0.4 is 18.9 Å². The Bertz CT molecular complexity index is 695. The van der Waals surface area contributed by atoms with Crippen LogP contribution in [0.1, 0.15) is 0 Å². The number of ether oxygens (including phenoxy) is 4. The van der Waals surface area contributed by atoms with E-state index in [4.69, 9.17) is 24.1 Å². The van der Waals surface area contributed by atoms with Gasteiger partial charge in [-0.05, 0) is 29.8 Å². The fourth-order valence-corrected chi connectivity index (χ4v) is 2.13. The summed E-state index contributed by atoms with van der Waals surface area (Å²) in [5, 5.41) is 8.82. The second-order valence-electron chi connectivity index (χ2n) is 4.61. The molecule has 0 spiro atoms. The highest BCUT2D eigenvalue weighted by molar-refractivity contribution is 5.75. The molecule has 0 amide bonds. The van der Waals surface area contributed by atoms with Crippen molar-refractivity contribution in [1.82, 2.24) is 0 Å². The van der Waals surface area contributed by atoms with Crippen LogP contribution >= 0.6 is 0 Å². The lowest BCUT2D eigenvalue weighted by Crippen LogP contribution is -2.10. The Balaban J connectivity index is 2.46. The van der Waals surface area contributed by atoms with Crippen LogP contribution in [0.25, 0.3) is 11.1 Å². The first kappa shape index (κ1) is 16.5. The summed E-state index contributed by atoms with van der Waals surface area (Å²) in [7, 11) is 4.65. The van der Waals surface area contributed by atoms with Crippen molar-refractivity contribution in [2.75, 3.05) is 27.9 Å². The average molecular weight is 318 g/mol. The smallest absolute Gasteiger partial charge is 0.341 e. The lowest BCUT2D eigenvalue weighted by atomic mass is 10.0. The lowest BCUT2D eigenvalue weighted by molar-refractivity contribution is -0.139. The Labute approximate surface area is 134 Å². The van der Waals surface area contributed by atoms with Crippen LogP contribution in [0.4, 0.5) is 0 Å². The molecule has 0 aliphatic rings. The molecule has 0 aliphatic carbocycles. The molecule has 0 aliphatic heterocycles. The minimum Gasteiger partial charge on any atom is -0.497 e. The fourth-order valence-electron chi connectivity index (χ4n) is 2.13. The normalized spacial score (nSPS) is 10.0. The molecule has 2 aromatic carbocycles. The molecule has 122 valence electrons. The van der Waals surface area contributed by atoms with Crippen LogP contribution in [0.15, 0.2) is 36.4 Å². The van der Waals surface area contributed by atoms with E-state index < -0.39 is 12.6 Å². The van der Waals surface area contributed by atoms with E-state index in [9.17, 15) is 4.79 Å². The molecule has 0 unspecified atom stereocenters. The number of carbonyl (C=O) groups is 1. The maximum absolute atomic E-state index is 10.8. The quantitative estimate of drug-likeness (QED) is 0.846. The zero-order valence-corrected chi connectivity index (χ0v) is 13.2. The molecule has 1 N–H and O–H groups in total. The van der Waals surface area contributed by atoms with E-state index in [0.29, 0.717) is 23.0 Å². The number of hydrogen-bond donors (Lipinski definition) is 1. The van der Waals surface area contributed by atoms with Gasteiger partial charge in [0.05, 0.1) is 21.3 Å². The van der Waals surface area contributed by atoms with Crippen molar-refractivity contribution >= 4 is 5.97 Å². The SMILES string of the molecule is COc1ccc(-c2ccc(OC)c(OC)c2)c(OCC(=O)O)c1. The van der Waals surface area contributed by atoms with Gasteiger partial charge >= 0.3 is 5.97 Å². The topological polar surface area (TPSA) is 74.2 Å². The van der Waals surface area contributed by atoms with Crippen molar-refractivity contribution in [2.45, 2.75) is 0 Å². The second kappa shape index (κ2) is 7.40. The molecule has 0 fully saturated rings. The van der Waals surface area contributed by atoms with Gasteiger partial charge in [0.25, 0.3) is 0 Å². The highest BCUT2D eigenvalue weighted by atomic mass is 16.5. The zero-order valence-electron chi connectivity index (χ0n) is 13.2. The van der Waals surface area contributed by atoms with Gasteiger partial charge in [-0.25, -0.2) is 4.79 Å². The maximum Gasteiger partial charge on any atom is 0.341 e. The van der Waals surface area contributed by atoms with Crippen molar-refractivity contribution in [1.29, 1.82) is 0 Å². The van der Waals surface area contributed by atoms with Gasteiger partial charge in [-0.2, -0.15) is 0 Å². The summed E-state index contributed by atoms with van der Waals surface area (Å²) >= 11 is 0. The first-order valence-electron chi connectivity index (χ1n) is 6.84. The molecule has 6 heteroatoms. The molecule has 0 saturated heterocycles. The van der Waals surface area contributed by atoms with Gasteiger partial charge in [0.15, 0.2) is 18.1 Å². The van der Waals surface area contributed by atoms with Crippen LogP contribution in [-0.4, -0.2) is 39.0 Å². The Morgan fingerprint density at radius 3 is 2.26 bits per heavy atom. The van der Waals surface area contributed by atoms with E-state index in [1.165, 1.54) is 7.11 Å². The number of carboxylic acids is 1. The van der Waals surface area contributed by atoms with Crippen molar-refractivity contribution in [3.05, 3.63) is 36.4 Å². The molecule has 0 aromatic heterocycles. The van der Waals surface area contributed by atoms with Crippen LogP contribution in [0.2, 0.25) is 0 Å². The summed E-state index contributed by atoms with van der Waals surface area (Å²) in [5.74, 6) is 1.13. The third-order valence-corrected chi connectivity index (χ3v) is 3.23. The third-order valence-electron chi connectivity index (χ3n) is 3.23. The number of methoxy groups -OCH3 is 3. The first-order valence-corrected chi connectivity index (χ1v) is 6.84. The van der Waals surface area contributed by atoms with Gasteiger partial charge in [-0.3, -0.25) is 0 Å². The Morgan fingerprint density at radius 2 is 1.65 bits per heavy atom. The van der Waals surface area contributed by atoms with Crippen molar-refractivity contribution < 1.29 is 28.8 Å². The molecule has 0 radical (unpaired) electrons. The van der Waals surface area contributed by atoms with Gasteiger partial charge in [0.2, 0.25) is 0 Å². The highest BCUT2D eigenvalue weighted by Gasteiger charge is 2.13. The number of hydrogen-bond acceptors (Lipinski definition) is 5. The molecule has 2 rings (SSSR count). The summed E-state index contributed by atoms with van der Waals surface area (Å²) < 4.78 is 21.1. The molecule has 0 saturated carbocycles. The van der Waals surface area contributed by atoms with E-state index in [-0.39, 0.29) is 0 Å². The van der Waals surface area contributed by atoms with Crippen LogP contribution in [0, 0.1) is 0 Å². The number of benzene rings is 2. The molecular formula is C17H18O6. The lowest BCUT2D eigenvalue weighted by Gasteiger charge is -2.14. The molecule has 0 heterocycles. The van der Waals surface area contributed by atoms with Gasteiger partial charge in [0.1, 0.15) is 11.5 Å². The van der Waals surface area contributed by atoms with E-state index in [1.807, 2.05) is 6.07 Å². The molecule has 0 bridgehead atoms. The summed E-state index contributed by atoms with van der Waals surface area (Å²) in [6.07, 6.45) is 0. The maximum atomic E-state index is 10.8. The van der Waals surface area contributed by atoms with E-state index in [2.05, 4.69) is 0 Å². The average Bonchev–Trinajstić information content (AvgIpc) is 2.58. The molecule has 23 heavy (non-hydrogen) atoms. The third kappa shape index (κ3) is 3.85.